The maximum absolute atomic E-state index is 12.3. The lowest BCUT2D eigenvalue weighted by Crippen LogP contribution is -2.04. The van der Waals surface area contributed by atoms with Crippen LogP contribution in [0, 0.1) is 13.8 Å². The van der Waals surface area contributed by atoms with Crippen LogP contribution in [-0.2, 0) is 6.42 Å². The summed E-state index contributed by atoms with van der Waals surface area (Å²) in [6.07, 6.45) is 0.306. The van der Waals surface area contributed by atoms with Crippen molar-refractivity contribution in [3.05, 3.63) is 46.9 Å². The molecule has 0 radical (unpaired) electrons. The number of carbonyl (C=O) groups is 1. The van der Waals surface area contributed by atoms with Gasteiger partial charge in [0.15, 0.2) is 17.3 Å². The van der Waals surface area contributed by atoms with Gasteiger partial charge in [-0.05, 0) is 37.6 Å². The molecule has 20 heavy (non-hydrogen) atoms. The minimum absolute atomic E-state index is 0.0339. The Hall–Kier alpha value is -2.23. The second-order valence-corrected chi connectivity index (χ2v) is 4.62. The van der Waals surface area contributed by atoms with E-state index in [2.05, 4.69) is 0 Å². The molecule has 4 heteroatoms. The molecule has 0 amide bonds. The number of hydrogen-bond acceptors (Lipinski definition) is 4. The third-order valence-corrected chi connectivity index (χ3v) is 3.15. The molecule has 0 N–H and O–H groups in total. The molecule has 0 saturated heterocycles. The zero-order valence-corrected chi connectivity index (χ0v) is 12.1. The Bertz CT molecular complexity index is 625. The van der Waals surface area contributed by atoms with Gasteiger partial charge >= 0.3 is 0 Å². The Morgan fingerprint density at radius 2 is 1.80 bits per heavy atom. The third kappa shape index (κ3) is 2.85. The Kier molecular flexibility index (Phi) is 4.13. The first kappa shape index (κ1) is 14.2. The smallest absolute Gasteiger partial charge is 0.170 e. The van der Waals surface area contributed by atoms with Crippen LogP contribution < -0.4 is 9.47 Å². The molecule has 2 aromatic rings. The lowest BCUT2D eigenvalue weighted by Gasteiger charge is -2.09. The fraction of sp³-hybridized carbons (Fsp3) is 0.312. The van der Waals surface area contributed by atoms with Gasteiger partial charge in [0.25, 0.3) is 0 Å². The summed E-state index contributed by atoms with van der Waals surface area (Å²) in [6, 6.07) is 7.26. The summed E-state index contributed by atoms with van der Waals surface area (Å²) in [5, 5.41) is 0. The summed E-state index contributed by atoms with van der Waals surface area (Å²) >= 11 is 0. The monoisotopic (exact) mass is 274 g/mol. The van der Waals surface area contributed by atoms with Gasteiger partial charge in [-0.2, -0.15) is 0 Å². The summed E-state index contributed by atoms with van der Waals surface area (Å²) in [7, 11) is 3.16. The topological polar surface area (TPSA) is 48.7 Å². The molecule has 0 atom stereocenters. The maximum atomic E-state index is 12.3. The molecule has 1 aromatic carbocycles. The zero-order chi connectivity index (χ0) is 14.7. The number of aryl methyl sites for hydroxylation is 2. The van der Waals surface area contributed by atoms with Crippen LogP contribution in [-0.4, -0.2) is 20.0 Å². The van der Waals surface area contributed by atoms with E-state index in [0.717, 1.165) is 11.3 Å². The van der Waals surface area contributed by atoms with E-state index in [0.29, 0.717) is 29.2 Å². The SMILES string of the molecule is COc1ccc(CC(=O)c2cc(C)oc2C)cc1OC. The summed E-state index contributed by atoms with van der Waals surface area (Å²) in [4.78, 5) is 12.3. The average molecular weight is 274 g/mol. The molecule has 0 unspecified atom stereocenters. The van der Waals surface area contributed by atoms with Crippen molar-refractivity contribution in [2.75, 3.05) is 14.2 Å². The number of ether oxygens (including phenoxy) is 2. The van der Waals surface area contributed by atoms with Gasteiger partial charge in [-0.25, -0.2) is 0 Å². The molecule has 0 aliphatic rings. The lowest BCUT2D eigenvalue weighted by atomic mass is 10.0. The van der Waals surface area contributed by atoms with Crippen molar-refractivity contribution in [3.8, 4) is 11.5 Å². The van der Waals surface area contributed by atoms with Gasteiger partial charge in [0.1, 0.15) is 11.5 Å². The number of Topliss-reactive ketones (excluding diaryl/α,β-unsaturated/α-hetero) is 1. The third-order valence-electron chi connectivity index (χ3n) is 3.15. The van der Waals surface area contributed by atoms with E-state index in [9.17, 15) is 4.79 Å². The quantitative estimate of drug-likeness (QED) is 0.785. The van der Waals surface area contributed by atoms with E-state index in [1.807, 2.05) is 19.1 Å². The van der Waals surface area contributed by atoms with Crippen molar-refractivity contribution in [1.82, 2.24) is 0 Å². The highest BCUT2D eigenvalue weighted by atomic mass is 16.5. The number of rotatable bonds is 5. The second-order valence-electron chi connectivity index (χ2n) is 4.62. The van der Waals surface area contributed by atoms with E-state index in [-0.39, 0.29) is 5.78 Å². The van der Waals surface area contributed by atoms with E-state index in [1.165, 1.54) is 0 Å². The Morgan fingerprint density at radius 3 is 2.35 bits per heavy atom. The maximum Gasteiger partial charge on any atom is 0.170 e. The summed E-state index contributed by atoms with van der Waals surface area (Å²) in [5.41, 5.74) is 1.52. The fourth-order valence-corrected chi connectivity index (χ4v) is 2.18. The van der Waals surface area contributed by atoms with Crippen molar-refractivity contribution < 1.29 is 18.7 Å². The van der Waals surface area contributed by atoms with Crippen LogP contribution in [0.4, 0.5) is 0 Å². The van der Waals surface area contributed by atoms with Gasteiger partial charge in [0, 0.05) is 6.42 Å². The van der Waals surface area contributed by atoms with Crippen LogP contribution in [0.3, 0.4) is 0 Å². The number of methoxy groups -OCH3 is 2. The van der Waals surface area contributed by atoms with Gasteiger partial charge in [-0.15, -0.1) is 0 Å². The van der Waals surface area contributed by atoms with Crippen LogP contribution in [0.25, 0.3) is 0 Å². The predicted octanol–water partition coefficient (Wildman–Crippen LogP) is 3.34. The zero-order valence-electron chi connectivity index (χ0n) is 12.1. The van der Waals surface area contributed by atoms with Crippen molar-refractivity contribution in [2.24, 2.45) is 0 Å². The van der Waals surface area contributed by atoms with E-state index in [4.69, 9.17) is 13.9 Å². The van der Waals surface area contributed by atoms with Crippen molar-refractivity contribution in [1.29, 1.82) is 0 Å². The number of furan rings is 1. The standard InChI is InChI=1S/C16H18O4/c1-10-7-13(11(2)20-10)14(17)8-12-5-6-15(18-3)16(9-12)19-4/h5-7,9H,8H2,1-4H3. The number of carbonyl (C=O) groups excluding carboxylic acids is 1. The molecule has 4 nitrogen and oxygen atoms in total. The second kappa shape index (κ2) is 5.82. The molecule has 2 rings (SSSR count). The van der Waals surface area contributed by atoms with Gasteiger partial charge in [0.05, 0.1) is 19.8 Å². The molecule has 1 heterocycles. The van der Waals surface area contributed by atoms with Crippen molar-refractivity contribution in [3.63, 3.8) is 0 Å². The van der Waals surface area contributed by atoms with Gasteiger partial charge in [-0.1, -0.05) is 6.07 Å². The highest BCUT2D eigenvalue weighted by Crippen LogP contribution is 2.28. The molecule has 106 valence electrons. The van der Waals surface area contributed by atoms with Crippen LogP contribution in [0.1, 0.15) is 27.4 Å². The van der Waals surface area contributed by atoms with E-state index in [1.54, 1.807) is 33.3 Å². The number of ketones is 1. The van der Waals surface area contributed by atoms with Crippen LogP contribution in [0.15, 0.2) is 28.7 Å². The van der Waals surface area contributed by atoms with Crippen LogP contribution >= 0.6 is 0 Å². The summed E-state index contributed by atoms with van der Waals surface area (Å²) in [6.45, 7) is 3.63. The molecular formula is C16H18O4. The summed E-state index contributed by atoms with van der Waals surface area (Å²) < 4.78 is 15.8. The first-order valence-corrected chi connectivity index (χ1v) is 6.36. The molecular weight excluding hydrogens is 256 g/mol. The number of benzene rings is 1. The molecule has 1 aromatic heterocycles. The first-order chi connectivity index (χ1) is 9.55. The Labute approximate surface area is 118 Å². The fourth-order valence-electron chi connectivity index (χ4n) is 2.18. The molecule has 0 bridgehead atoms. The van der Waals surface area contributed by atoms with E-state index >= 15 is 0 Å². The van der Waals surface area contributed by atoms with E-state index < -0.39 is 0 Å². The minimum atomic E-state index is 0.0339. The molecule has 0 fully saturated rings. The highest BCUT2D eigenvalue weighted by molar-refractivity contribution is 5.98. The first-order valence-electron chi connectivity index (χ1n) is 6.36. The summed E-state index contributed by atoms with van der Waals surface area (Å²) in [5.74, 6) is 2.72. The van der Waals surface area contributed by atoms with Crippen molar-refractivity contribution >= 4 is 5.78 Å². The van der Waals surface area contributed by atoms with Gasteiger partial charge in [0.2, 0.25) is 0 Å². The predicted molar refractivity (Wildman–Crippen MR) is 75.8 cm³/mol. The molecule has 0 aliphatic heterocycles. The number of hydrogen-bond donors (Lipinski definition) is 0. The average Bonchev–Trinajstić information content (AvgIpc) is 2.77. The normalized spacial score (nSPS) is 10.4. The van der Waals surface area contributed by atoms with Crippen LogP contribution in [0.2, 0.25) is 0 Å². The molecule has 0 spiro atoms. The van der Waals surface area contributed by atoms with Gasteiger partial charge < -0.3 is 13.9 Å². The molecule has 0 saturated carbocycles. The highest BCUT2D eigenvalue weighted by Gasteiger charge is 2.15. The Balaban J connectivity index is 2.22. The largest absolute Gasteiger partial charge is 0.493 e. The van der Waals surface area contributed by atoms with Crippen molar-refractivity contribution in [2.45, 2.75) is 20.3 Å². The van der Waals surface area contributed by atoms with Crippen LogP contribution in [0.5, 0.6) is 11.5 Å². The Morgan fingerprint density at radius 1 is 1.10 bits per heavy atom. The van der Waals surface area contributed by atoms with Gasteiger partial charge in [-0.3, -0.25) is 4.79 Å². The lowest BCUT2D eigenvalue weighted by molar-refractivity contribution is 0.0991. The minimum Gasteiger partial charge on any atom is -0.493 e. The molecule has 0 aliphatic carbocycles.